The third-order valence-corrected chi connectivity index (χ3v) is 3.63. The molecule has 30 heavy (non-hydrogen) atoms. The van der Waals surface area contributed by atoms with E-state index in [4.69, 9.17) is 36.9 Å². The van der Waals surface area contributed by atoms with Crippen LogP contribution in [0, 0.1) is 11.3 Å². The number of aliphatic hydroxyl groups excluding tert-OH is 1. The molecule has 4 N–H and O–H groups in total. The van der Waals surface area contributed by atoms with Crippen molar-refractivity contribution in [3.63, 3.8) is 0 Å². The maximum absolute atomic E-state index is 9.55. The molecule has 0 aliphatic heterocycles. The van der Waals surface area contributed by atoms with Crippen molar-refractivity contribution in [2.45, 2.75) is 13.0 Å². The van der Waals surface area contributed by atoms with Crippen LogP contribution in [0.15, 0.2) is 54.6 Å². The van der Waals surface area contributed by atoms with Gasteiger partial charge in [0, 0.05) is 36.4 Å². The largest absolute Gasteiger partial charge is 0.478 e. The molecule has 8 nitrogen and oxygen atoms in total. The molecule has 0 spiro atoms. The van der Waals surface area contributed by atoms with Gasteiger partial charge in [-0.15, -0.1) is 0 Å². The van der Waals surface area contributed by atoms with Gasteiger partial charge in [-0.1, -0.05) is 23.7 Å². The number of ether oxygens (including phenoxy) is 1. The van der Waals surface area contributed by atoms with Crippen molar-refractivity contribution in [3.05, 3.63) is 70.8 Å². The number of hydrogen-bond donors (Lipinski definition) is 4. The highest BCUT2D eigenvalue weighted by atomic mass is 35.5. The zero-order valence-corrected chi connectivity index (χ0v) is 16.7. The van der Waals surface area contributed by atoms with Crippen molar-refractivity contribution >= 4 is 23.5 Å². The van der Waals surface area contributed by atoms with Crippen LogP contribution in [-0.4, -0.2) is 40.4 Å². The summed E-state index contributed by atoms with van der Waals surface area (Å²) >= 11 is 5.95. The normalized spacial score (nSPS) is 10.0. The monoisotopic (exact) mass is 432 g/mol. The van der Waals surface area contributed by atoms with Crippen LogP contribution in [0.2, 0.25) is 5.02 Å². The second kappa shape index (κ2) is 13.7. The number of aliphatic hydroxyl groups is 1. The van der Waals surface area contributed by atoms with E-state index in [0.29, 0.717) is 40.8 Å². The summed E-state index contributed by atoms with van der Waals surface area (Å²) in [7, 11) is 0. The van der Waals surface area contributed by atoms with Gasteiger partial charge in [-0.3, -0.25) is 0 Å². The Kier molecular flexibility index (Phi) is 11.3. The Hall–Kier alpha value is -3.38. The van der Waals surface area contributed by atoms with Gasteiger partial charge in [0.2, 0.25) is 0 Å². The third-order valence-electron chi connectivity index (χ3n) is 3.40. The number of carboxylic acid groups (broad SMARTS) is 2. The van der Waals surface area contributed by atoms with Gasteiger partial charge in [0.1, 0.15) is 17.6 Å². The van der Waals surface area contributed by atoms with Crippen LogP contribution in [0.4, 0.5) is 0 Å². The fourth-order valence-corrected chi connectivity index (χ4v) is 2.26. The van der Waals surface area contributed by atoms with Gasteiger partial charge in [-0.2, -0.15) is 5.26 Å². The second-order valence-electron chi connectivity index (χ2n) is 5.77. The molecular formula is C21H21ClN2O6. The molecule has 2 aromatic rings. The molecule has 0 unspecified atom stereocenters. The molecule has 0 fully saturated rings. The SMILES string of the molecule is N#Cc1ccc(Cl)cc1Oc1cccc(CNCCCO)c1.O=C(O)/C=C/C(=O)O. The van der Waals surface area contributed by atoms with E-state index in [9.17, 15) is 9.59 Å². The van der Waals surface area contributed by atoms with Gasteiger partial charge in [0.25, 0.3) is 0 Å². The van der Waals surface area contributed by atoms with E-state index in [1.54, 1.807) is 18.2 Å². The van der Waals surface area contributed by atoms with Crippen LogP contribution >= 0.6 is 11.6 Å². The maximum Gasteiger partial charge on any atom is 0.328 e. The smallest absolute Gasteiger partial charge is 0.328 e. The van der Waals surface area contributed by atoms with E-state index in [2.05, 4.69) is 11.4 Å². The average molecular weight is 433 g/mol. The van der Waals surface area contributed by atoms with Crippen LogP contribution in [0.5, 0.6) is 11.5 Å². The van der Waals surface area contributed by atoms with Crippen molar-refractivity contribution < 1.29 is 29.6 Å². The average Bonchev–Trinajstić information content (AvgIpc) is 2.71. The number of halogens is 1. The van der Waals surface area contributed by atoms with Crippen LogP contribution < -0.4 is 10.1 Å². The first-order valence-corrected chi connectivity index (χ1v) is 9.15. The molecule has 158 valence electrons. The topological polar surface area (TPSA) is 140 Å². The Morgan fingerprint density at radius 3 is 2.43 bits per heavy atom. The molecule has 0 aromatic heterocycles. The van der Waals surface area contributed by atoms with Gasteiger partial charge < -0.3 is 25.4 Å². The number of hydrogen-bond acceptors (Lipinski definition) is 6. The van der Waals surface area contributed by atoms with Crippen LogP contribution in [-0.2, 0) is 16.1 Å². The molecule has 0 atom stereocenters. The number of carbonyl (C=O) groups is 2. The van der Waals surface area contributed by atoms with Gasteiger partial charge >= 0.3 is 11.9 Å². The lowest BCUT2D eigenvalue weighted by Gasteiger charge is -2.10. The predicted molar refractivity (Wildman–Crippen MR) is 111 cm³/mol. The minimum Gasteiger partial charge on any atom is -0.478 e. The molecule has 0 bridgehead atoms. The van der Waals surface area contributed by atoms with Crippen molar-refractivity contribution in [2.24, 2.45) is 0 Å². The quantitative estimate of drug-likeness (QED) is 0.350. The highest BCUT2D eigenvalue weighted by Crippen LogP contribution is 2.28. The Labute approximate surface area is 178 Å². The molecule has 0 saturated heterocycles. The zero-order valence-electron chi connectivity index (χ0n) is 15.9. The Morgan fingerprint density at radius 2 is 1.83 bits per heavy atom. The highest BCUT2D eigenvalue weighted by Gasteiger charge is 2.06. The summed E-state index contributed by atoms with van der Waals surface area (Å²) in [5.41, 5.74) is 1.51. The van der Waals surface area contributed by atoms with Crippen LogP contribution in [0.25, 0.3) is 0 Å². The predicted octanol–water partition coefficient (Wildman–Crippen LogP) is 3.19. The maximum atomic E-state index is 9.55. The first-order chi connectivity index (χ1) is 14.3. The molecule has 2 aromatic carbocycles. The zero-order chi connectivity index (χ0) is 22.4. The van der Waals surface area contributed by atoms with Crippen molar-refractivity contribution in [2.75, 3.05) is 13.2 Å². The number of nitrogens with one attached hydrogen (secondary N) is 1. The van der Waals surface area contributed by atoms with Crippen LogP contribution in [0.3, 0.4) is 0 Å². The van der Waals surface area contributed by atoms with Gasteiger partial charge in [-0.25, -0.2) is 9.59 Å². The van der Waals surface area contributed by atoms with Gasteiger partial charge in [0.15, 0.2) is 0 Å². The third kappa shape index (κ3) is 10.2. The molecule has 0 radical (unpaired) electrons. The number of rotatable bonds is 9. The number of nitriles is 1. The molecule has 9 heteroatoms. The summed E-state index contributed by atoms with van der Waals surface area (Å²) in [5.74, 6) is -1.42. The van der Waals surface area contributed by atoms with E-state index in [1.165, 1.54) is 0 Å². The summed E-state index contributed by atoms with van der Waals surface area (Å²) in [5, 5.41) is 37.2. The van der Waals surface area contributed by atoms with Gasteiger partial charge in [-0.05, 0) is 42.8 Å². The molecule has 2 rings (SSSR count). The lowest BCUT2D eigenvalue weighted by molar-refractivity contribution is -0.134. The molecular weight excluding hydrogens is 412 g/mol. The highest BCUT2D eigenvalue weighted by molar-refractivity contribution is 6.30. The van der Waals surface area contributed by atoms with E-state index in [1.807, 2.05) is 24.3 Å². The molecule has 0 aliphatic rings. The first-order valence-electron chi connectivity index (χ1n) is 8.77. The molecule has 0 heterocycles. The molecule has 0 aliphatic carbocycles. The summed E-state index contributed by atoms with van der Waals surface area (Å²) in [6.45, 7) is 1.63. The Bertz CT molecular complexity index is 908. The van der Waals surface area contributed by atoms with Gasteiger partial charge in [0.05, 0.1) is 5.56 Å². The lowest BCUT2D eigenvalue weighted by Crippen LogP contribution is -2.15. The van der Waals surface area contributed by atoms with Crippen molar-refractivity contribution in [1.29, 1.82) is 5.26 Å². The second-order valence-corrected chi connectivity index (χ2v) is 6.20. The first kappa shape index (κ1) is 24.7. The standard InChI is InChI=1S/C17H17ClN2O2.C4H4O4/c18-15-6-5-14(11-19)17(10-15)22-16-4-1-3-13(9-16)12-20-7-2-8-21;5-3(6)1-2-4(7)8/h1,3-6,9-10,20-21H,2,7-8,12H2;1-2H,(H,5,6)(H,7,8)/b;2-1+. The number of carboxylic acids is 2. The lowest BCUT2D eigenvalue weighted by atomic mass is 10.2. The number of aliphatic carboxylic acids is 2. The van der Waals surface area contributed by atoms with Crippen LogP contribution in [0.1, 0.15) is 17.5 Å². The number of benzene rings is 2. The fourth-order valence-electron chi connectivity index (χ4n) is 2.10. The summed E-state index contributed by atoms with van der Waals surface area (Å²) in [6, 6.07) is 14.6. The van der Waals surface area contributed by atoms with E-state index < -0.39 is 11.9 Å². The summed E-state index contributed by atoms with van der Waals surface area (Å²) in [6.07, 6.45) is 1.84. The van der Waals surface area contributed by atoms with Crippen molar-refractivity contribution in [1.82, 2.24) is 5.32 Å². The fraction of sp³-hybridized carbons (Fsp3) is 0.190. The Morgan fingerprint density at radius 1 is 1.13 bits per heavy atom. The van der Waals surface area contributed by atoms with Crippen molar-refractivity contribution in [3.8, 4) is 17.6 Å². The Balaban J connectivity index is 0.000000479. The van der Waals surface area contributed by atoms with E-state index in [0.717, 1.165) is 18.5 Å². The summed E-state index contributed by atoms with van der Waals surface area (Å²) < 4.78 is 5.77. The minimum absolute atomic E-state index is 0.182. The minimum atomic E-state index is -1.26. The summed E-state index contributed by atoms with van der Waals surface area (Å²) in [4.78, 5) is 19.1. The molecule has 0 saturated carbocycles. The molecule has 0 amide bonds. The van der Waals surface area contributed by atoms with E-state index in [-0.39, 0.29) is 6.61 Å². The van der Waals surface area contributed by atoms with E-state index >= 15 is 0 Å². The number of nitrogens with zero attached hydrogens (tertiary/aromatic N) is 1.